The van der Waals surface area contributed by atoms with Crippen LogP contribution in [0.1, 0.15) is 15.9 Å². The molecule has 0 bridgehead atoms. The average molecular weight is 222 g/mol. The largest absolute Gasteiger partial charge is 0.452 e. The molecule has 2 amide bonds. The molecule has 16 heavy (non-hydrogen) atoms. The zero-order valence-corrected chi connectivity index (χ0v) is 9.48. The molecule has 86 valence electrons. The quantitative estimate of drug-likeness (QED) is 0.729. The van der Waals surface area contributed by atoms with E-state index < -0.39 is 6.09 Å². The minimum atomic E-state index is -0.676. The molecule has 0 aliphatic rings. The molecule has 5 heteroatoms. The van der Waals surface area contributed by atoms with Gasteiger partial charge in [-0.15, -0.1) is 0 Å². The first-order chi connectivity index (χ1) is 7.56. The van der Waals surface area contributed by atoms with Gasteiger partial charge in [0, 0.05) is 12.6 Å². The number of benzene rings is 1. The molecule has 0 unspecified atom stereocenters. The molecule has 1 aromatic carbocycles. The number of aryl methyl sites for hydroxylation is 1. The lowest BCUT2D eigenvalue weighted by molar-refractivity contribution is 0.0689. The Balaban J connectivity index is 2.79. The van der Waals surface area contributed by atoms with Crippen LogP contribution in [-0.2, 0) is 4.74 Å². The number of methoxy groups -OCH3 is 1. The van der Waals surface area contributed by atoms with Gasteiger partial charge in [0.15, 0.2) is 0 Å². The van der Waals surface area contributed by atoms with E-state index in [0.29, 0.717) is 5.56 Å². The van der Waals surface area contributed by atoms with Gasteiger partial charge in [-0.2, -0.15) is 0 Å². The van der Waals surface area contributed by atoms with Crippen LogP contribution in [0.25, 0.3) is 0 Å². The van der Waals surface area contributed by atoms with E-state index in [2.05, 4.69) is 10.2 Å². The third-order valence-corrected chi connectivity index (χ3v) is 2.12. The predicted octanol–water partition coefficient (Wildman–Crippen LogP) is 1.34. The summed E-state index contributed by atoms with van der Waals surface area (Å²) >= 11 is 0. The van der Waals surface area contributed by atoms with Crippen molar-refractivity contribution in [3.05, 3.63) is 35.4 Å². The van der Waals surface area contributed by atoms with Crippen molar-refractivity contribution in [1.29, 1.82) is 0 Å². The summed E-state index contributed by atoms with van der Waals surface area (Å²) in [4.78, 5) is 22.8. The second-order valence-corrected chi connectivity index (χ2v) is 3.28. The molecule has 0 saturated carbocycles. The summed E-state index contributed by atoms with van der Waals surface area (Å²) in [5.41, 5.74) is 3.67. The van der Waals surface area contributed by atoms with E-state index in [-0.39, 0.29) is 5.91 Å². The number of carbonyl (C=O) groups excluding carboxylic acids is 2. The molecule has 0 radical (unpaired) electrons. The van der Waals surface area contributed by atoms with Gasteiger partial charge in [0.05, 0.1) is 7.11 Å². The fourth-order valence-corrected chi connectivity index (χ4v) is 1.23. The van der Waals surface area contributed by atoms with Crippen molar-refractivity contribution in [1.82, 2.24) is 10.4 Å². The maximum absolute atomic E-state index is 11.9. The standard InChI is InChI=1S/C11H14N2O3/c1-8-6-4-5-7-9(8)10(14)13(2)12-11(15)16-3/h4-7H,1-3H3,(H,12,15). The normalized spacial score (nSPS) is 9.44. The van der Waals surface area contributed by atoms with Crippen molar-refractivity contribution in [2.75, 3.05) is 14.2 Å². The number of nitrogens with one attached hydrogen (secondary N) is 1. The number of hydrogen-bond donors (Lipinski definition) is 1. The van der Waals surface area contributed by atoms with E-state index in [9.17, 15) is 9.59 Å². The monoisotopic (exact) mass is 222 g/mol. The highest BCUT2D eigenvalue weighted by Gasteiger charge is 2.15. The van der Waals surface area contributed by atoms with Crippen molar-refractivity contribution >= 4 is 12.0 Å². The number of hydrogen-bond acceptors (Lipinski definition) is 3. The van der Waals surface area contributed by atoms with Crippen molar-refractivity contribution in [2.45, 2.75) is 6.92 Å². The molecular formula is C11H14N2O3. The van der Waals surface area contributed by atoms with E-state index in [1.165, 1.54) is 14.2 Å². The molecule has 1 rings (SSSR count). The summed E-state index contributed by atoms with van der Waals surface area (Å²) < 4.78 is 4.39. The molecule has 1 aromatic rings. The highest BCUT2D eigenvalue weighted by molar-refractivity contribution is 5.96. The van der Waals surface area contributed by atoms with Gasteiger partial charge in [0.25, 0.3) is 5.91 Å². The first-order valence-corrected chi connectivity index (χ1v) is 4.74. The van der Waals surface area contributed by atoms with Crippen molar-refractivity contribution in [2.24, 2.45) is 0 Å². The maximum atomic E-state index is 11.9. The summed E-state index contributed by atoms with van der Waals surface area (Å²) in [6.45, 7) is 1.83. The van der Waals surface area contributed by atoms with Crippen LogP contribution < -0.4 is 5.43 Å². The van der Waals surface area contributed by atoms with E-state index in [4.69, 9.17) is 0 Å². The lowest BCUT2D eigenvalue weighted by atomic mass is 10.1. The number of rotatable bonds is 1. The van der Waals surface area contributed by atoms with Crippen LogP contribution in [-0.4, -0.2) is 31.2 Å². The summed E-state index contributed by atoms with van der Waals surface area (Å²) in [6, 6.07) is 7.15. The first kappa shape index (κ1) is 12.0. The molecule has 0 heterocycles. The molecule has 0 atom stereocenters. The molecule has 0 fully saturated rings. The number of carbonyl (C=O) groups is 2. The molecule has 0 aromatic heterocycles. The SMILES string of the molecule is COC(=O)NN(C)C(=O)c1ccccc1C. The lowest BCUT2D eigenvalue weighted by Gasteiger charge is -2.18. The second-order valence-electron chi connectivity index (χ2n) is 3.28. The lowest BCUT2D eigenvalue weighted by Crippen LogP contribution is -2.43. The number of amides is 2. The van der Waals surface area contributed by atoms with Gasteiger partial charge in [-0.3, -0.25) is 9.80 Å². The third kappa shape index (κ3) is 2.73. The maximum Gasteiger partial charge on any atom is 0.425 e. The van der Waals surface area contributed by atoms with Crippen LogP contribution >= 0.6 is 0 Å². The topological polar surface area (TPSA) is 58.6 Å². The summed E-state index contributed by atoms with van der Waals surface area (Å²) in [7, 11) is 2.70. The molecule has 0 aliphatic carbocycles. The highest BCUT2D eigenvalue weighted by Crippen LogP contribution is 2.08. The van der Waals surface area contributed by atoms with Crippen molar-refractivity contribution in [3.8, 4) is 0 Å². The van der Waals surface area contributed by atoms with E-state index in [1.54, 1.807) is 12.1 Å². The molecule has 5 nitrogen and oxygen atoms in total. The van der Waals surface area contributed by atoms with Gasteiger partial charge >= 0.3 is 6.09 Å². The predicted molar refractivity (Wildman–Crippen MR) is 58.8 cm³/mol. The van der Waals surface area contributed by atoms with Crippen LogP contribution in [0.3, 0.4) is 0 Å². The van der Waals surface area contributed by atoms with Crippen LogP contribution in [0.2, 0.25) is 0 Å². The molecular weight excluding hydrogens is 208 g/mol. The van der Waals surface area contributed by atoms with Gasteiger partial charge in [-0.25, -0.2) is 10.2 Å². The fourth-order valence-electron chi connectivity index (χ4n) is 1.23. The van der Waals surface area contributed by atoms with E-state index in [0.717, 1.165) is 10.6 Å². The van der Waals surface area contributed by atoms with E-state index >= 15 is 0 Å². The summed E-state index contributed by atoms with van der Waals surface area (Å²) in [6.07, 6.45) is -0.676. The number of nitrogens with zero attached hydrogens (tertiary/aromatic N) is 1. The zero-order valence-electron chi connectivity index (χ0n) is 9.48. The highest BCUT2D eigenvalue weighted by atomic mass is 16.5. The summed E-state index contributed by atoms with van der Waals surface area (Å²) in [5, 5.41) is 1.09. The molecule has 0 aliphatic heterocycles. The first-order valence-electron chi connectivity index (χ1n) is 4.74. The van der Waals surface area contributed by atoms with Crippen LogP contribution in [0.4, 0.5) is 4.79 Å². The molecule has 0 spiro atoms. The van der Waals surface area contributed by atoms with Gasteiger partial charge in [0.2, 0.25) is 0 Å². The van der Waals surface area contributed by atoms with Crippen LogP contribution in [0, 0.1) is 6.92 Å². The number of ether oxygens (including phenoxy) is 1. The Morgan fingerprint density at radius 2 is 1.94 bits per heavy atom. The van der Waals surface area contributed by atoms with Gasteiger partial charge in [-0.1, -0.05) is 18.2 Å². The zero-order chi connectivity index (χ0) is 12.1. The average Bonchev–Trinajstić information content (AvgIpc) is 2.28. The number of hydrazine groups is 1. The second kappa shape index (κ2) is 5.16. The summed E-state index contributed by atoms with van der Waals surface area (Å²) in [5.74, 6) is -0.288. The van der Waals surface area contributed by atoms with Gasteiger partial charge < -0.3 is 4.74 Å². The Bertz CT molecular complexity index is 404. The minimum Gasteiger partial charge on any atom is -0.452 e. The Kier molecular flexibility index (Phi) is 3.88. The van der Waals surface area contributed by atoms with Crippen molar-refractivity contribution in [3.63, 3.8) is 0 Å². The molecule has 1 N–H and O–H groups in total. The van der Waals surface area contributed by atoms with Gasteiger partial charge in [-0.05, 0) is 18.6 Å². The molecule has 0 saturated heterocycles. The third-order valence-electron chi connectivity index (χ3n) is 2.12. The van der Waals surface area contributed by atoms with Crippen LogP contribution in [0.15, 0.2) is 24.3 Å². The minimum absolute atomic E-state index is 0.288. The van der Waals surface area contributed by atoms with E-state index in [1.807, 2.05) is 19.1 Å². The van der Waals surface area contributed by atoms with Crippen LogP contribution in [0.5, 0.6) is 0 Å². The Morgan fingerprint density at radius 1 is 1.31 bits per heavy atom. The Hall–Kier alpha value is -2.04. The Morgan fingerprint density at radius 3 is 2.50 bits per heavy atom. The Labute approximate surface area is 94.0 Å². The van der Waals surface area contributed by atoms with Crippen molar-refractivity contribution < 1.29 is 14.3 Å². The fraction of sp³-hybridized carbons (Fsp3) is 0.273. The van der Waals surface area contributed by atoms with Gasteiger partial charge in [0.1, 0.15) is 0 Å². The smallest absolute Gasteiger partial charge is 0.425 e.